The average Bonchev–Trinajstić information content (AvgIpc) is 2.96. The fourth-order valence-corrected chi connectivity index (χ4v) is 3.70. The lowest BCUT2D eigenvalue weighted by atomic mass is 10.2. The molecule has 2 aromatic rings. The predicted octanol–water partition coefficient (Wildman–Crippen LogP) is 3.90. The summed E-state index contributed by atoms with van der Waals surface area (Å²) in [7, 11) is 0. The number of rotatable bonds is 4. The van der Waals surface area contributed by atoms with Gasteiger partial charge in [0.25, 0.3) is 0 Å². The molecule has 0 saturated carbocycles. The lowest BCUT2D eigenvalue weighted by Gasteiger charge is -2.06. The average molecular weight is 292 g/mol. The second kappa shape index (κ2) is 5.20. The summed E-state index contributed by atoms with van der Waals surface area (Å²) in [6, 6.07) is 6.25. The van der Waals surface area contributed by atoms with Crippen LogP contribution < -0.4 is 5.32 Å². The Morgan fingerprint density at radius 2 is 2.25 bits per heavy atom. The van der Waals surface area contributed by atoms with Crippen LogP contribution in [0.15, 0.2) is 24.3 Å². The van der Waals surface area contributed by atoms with Crippen LogP contribution in [0.5, 0.6) is 0 Å². The van der Waals surface area contributed by atoms with Crippen molar-refractivity contribution in [1.29, 1.82) is 0 Å². The molecule has 0 saturated heterocycles. The van der Waals surface area contributed by atoms with Crippen LogP contribution in [0.4, 0.5) is 15.8 Å². The van der Waals surface area contributed by atoms with E-state index >= 15 is 0 Å². The molecule has 0 radical (unpaired) electrons. The zero-order chi connectivity index (χ0) is 14.1. The first-order chi connectivity index (χ1) is 9.65. The summed E-state index contributed by atoms with van der Waals surface area (Å²) in [5.41, 5.74) is 1.13. The predicted molar refractivity (Wildman–Crippen MR) is 76.7 cm³/mol. The molecule has 20 heavy (non-hydrogen) atoms. The van der Waals surface area contributed by atoms with Crippen molar-refractivity contribution in [2.75, 3.05) is 5.32 Å². The Labute approximate surface area is 119 Å². The highest BCUT2D eigenvalue weighted by Crippen LogP contribution is 2.32. The highest BCUT2D eigenvalue weighted by molar-refractivity contribution is 7.12. The molecule has 0 bridgehead atoms. The Hall–Kier alpha value is -1.95. The van der Waals surface area contributed by atoms with Crippen LogP contribution >= 0.6 is 11.3 Å². The molecule has 1 heterocycles. The molecule has 1 aliphatic carbocycles. The molecule has 0 fully saturated rings. The van der Waals surface area contributed by atoms with E-state index < -0.39 is 16.4 Å². The van der Waals surface area contributed by atoms with E-state index in [1.807, 2.05) is 0 Å². The summed E-state index contributed by atoms with van der Waals surface area (Å²) in [6.07, 6.45) is 3.45. The van der Waals surface area contributed by atoms with Crippen LogP contribution in [-0.2, 0) is 19.4 Å². The molecule has 0 spiro atoms. The van der Waals surface area contributed by atoms with E-state index in [0.29, 0.717) is 6.54 Å². The highest BCUT2D eigenvalue weighted by atomic mass is 32.1. The van der Waals surface area contributed by atoms with Gasteiger partial charge in [0.05, 0.1) is 4.92 Å². The summed E-state index contributed by atoms with van der Waals surface area (Å²) in [6.45, 7) is 0.488. The summed E-state index contributed by atoms with van der Waals surface area (Å²) < 4.78 is 13.5. The van der Waals surface area contributed by atoms with Crippen LogP contribution in [0, 0.1) is 15.9 Å². The number of nitro groups is 1. The maximum absolute atomic E-state index is 13.5. The van der Waals surface area contributed by atoms with Gasteiger partial charge in [-0.1, -0.05) is 6.07 Å². The van der Waals surface area contributed by atoms with E-state index in [0.717, 1.165) is 23.8 Å². The minimum atomic E-state index is -0.811. The quantitative estimate of drug-likeness (QED) is 0.687. The number of para-hydroxylation sites is 1. The van der Waals surface area contributed by atoms with Crippen LogP contribution in [-0.4, -0.2) is 4.92 Å². The molecule has 1 aromatic heterocycles. The van der Waals surface area contributed by atoms with Crippen molar-refractivity contribution >= 4 is 22.7 Å². The Morgan fingerprint density at radius 1 is 1.40 bits per heavy atom. The number of benzene rings is 1. The van der Waals surface area contributed by atoms with E-state index in [1.54, 1.807) is 11.3 Å². The highest BCUT2D eigenvalue weighted by Gasteiger charge is 2.20. The number of anilines is 1. The number of fused-ring (bicyclic) bond motifs is 1. The zero-order valence-electron chi connectivity index (χ0n) is 10.7. The van der Waals surface area contributed by atoms with Gasteiger partial charge in [0.15, 0.2) is 0 Å². The van der Waals surface area contributed by atoms with Gasteiger partial charge in [0, 0.05) is 16.3 Å². The maximum atomic E-state index is 13.5. The maximum Gasteiger partial charge on any atom is 0.327 e. The second-order valence-electron chi connectivity index (χ2n) is 4.76. The van der Waals surface area contributed by atoms with E-state index in [4.69, 9.17) is 0 Å². The van der Waals surface area contributed by atoms with E-state index in [9.17, 15) is 14.5 Å². The van der Waals surface area contributed by atoms with Gasteiger partial charge in [0.2, 0.25) is 5.82 Å². The summed E-state index contributed by atoms with van der Waals surface area (Å²) in [4.78, 5) is 12.8. The largest absolute Gasteiger partial charge is 0.375 e. The van der Waals surface area contributed by atoms with Gasteiger partial charge in [-0.3, -0.25) is 10.1 Å². The van der Waals surface area contributed by atoms with E-state index in [1.165, 1.54) is 29.0 Å². The van der Waals surface area contributed by atoms with Crippen molar-refractivity contribution in [3.63, 3.8) is 0 Å². The fraction of sp³-hybridized carbons (Fsp3) is 0.286. The molecule has 0 amide bonds. The molecule has 0 atom stereocenters. The third-order valence-electron chi connectivity index (χ3n) is 3.42. The van der Waals surface area contributed by atoms with Gasteiger partial charge in [-0.25, -0.2) is 0 Å². The topological polar surface area (TPSA) is 55.2 Å². The second-order valence-corrected chi connectivity index (χ2v) is 5.98. The van der Waals surface area contributed by atoms with Crippen LogP contribution in [0.25, 0.3) is 0 Å². The van der Waals surface area contributed by atoms with Crippen molar-refractivity contribution in [2.24, 2.45) is 0 Å². The molecule has 1 aromatic carbocycles. The minimum Gasteiger partial charge on any atom is -0.375 e. The third-order valence-corrected chi connectivity index (χ3v) is 4.66. The SMILES string of the molecule is O=[N+]([O-])c1c(F)cccc1NCc1cc2c(s1)CCC2. The Balaban J connectivity index is 1.78. The molecule has 0 unspecified atom stereocenters. The van der Waals surface area contributed by atoms with Crippen LogP contribution in [0.1, 0.15) is 21.7 Å². The first kappa shape index (κ1) is 13.1. The van der Waals surface area contributed by atoms with Gasteiger partial charge < -0.3 is 5.32 Å². The van der Waals surface area contributed by atoms with Gasteiger partial charge in [-0.15, -0.1) is 11.3 Å². The number of nitrogens with one attached hydrogen (secondary N) is 1. The van der Waals surface area contributed by atoms with E-state index in [2.05, 4.69) is 11.4 Å². The number of halogens is 1. The van der Waals surface area contributed by atoms with Gasteiger partial charge in [-0.2, -0.15) is 4.39 Å². The number of nitrogens with zero attached hydrogens (tertiary/aromatic N) is 1. The first-order valence-electron chi connectivity index (χ1n) is 6.42. The van der Waals surface area contributed by atoms with Gasteiger partial charge in [-0.05, 0) is 43.0 Å². The lowest BCUT2D eigenvalue weighted by Crippen LogP contribution is -2.03. The molecule has 104 valence electrons. The normalized spacial score (nSPS) is 13.2. The van der Waals surface area contributed by atoms with Gasteiger partial charge >= 0.3 is 5.69 Å². The molecule has 1 aliphatic rings. The van der Waals surface area contributed by atoms with Crippen LogP contribution in [0.3, 0.4) is 0 Å². The molecule has 0 aliphatic heterocycles. The fourth-order valence-electron chi connectivity index (χ4n) is 2.50. The minimum absolute atomic E-state index is 0.226. The zero-order valence-corrected chi connectivity index (χ0v) is 11.5. The van der Waals surface area contributed by atoms with Crippen molar-refractivity contribution in [3.8, 4) is 0 Å². The van der Waals surface area contributed by atoms with Crippen molar-refractivity contribution in [1.82, 2.24) is 0 Å². The summed E-state index contributed by atoms with van der Waals surface area (Å²) in [5.74, 6) is -0.811. The summed E-state index contributed by atoms with van der Waals surface area (Å²) in [5, 5.41) is 13.9. The molecule has 4 nitrogen and oxygen atoms in total. The van der Waals surface area contributed by atoms with Crippen molar-refractivity contribution < 1.29 is 9.31 Å². The molecular weight excluding hydrogens is 279 g/mol. The Kier molecular flexibility index (Phi) is 3.40. The number of nitro benzene ring substituents is 1. The van der Waals surface area contributed by atoms with E-state index in [-0.39, 0.29) is 5.69 Å². The Bertz CT molecular complexity index is 648. The monoisotopic (exact) mass is 292 g/mol. The molecule has 3 rings (SSSR count). The molecule has 6 heteroatoms. The third kappa shape index (κ3) is 2.38. The molecular formula is C14H13FN2O2S. The standard InChI is InChI=1S/C14H13FN2O2S/c15-11-4-2-5-12(14(11)17(18)19)16-8-10-7-9-3-1-6-13(9)20-10/h2,4-5,7,16H,1,3,6,8H2. The number of hydrogen-bond donors (Lipinski definition) is 1. The van der Waals surface area contributed by atoms with Crippen molar-refractivity contribution in [3.05, 3.63) is 55.5 Å². The van der Waals surface area contributed by atoms with Crippen LogP contribution in [0.2, 0.25) is 0 Å². The number of aryl methyl sites for hydroxylation is 2. The lowest BCUT2D eigenvalue weighted by molar-refractivity contribution is -0.386. The number of hydrogen-bond acceptors (Lipinski definition) is 4. The smallest absolute Gasteiger partial charge is 0.327 e. The summed E-state index contributed by atoms with van der Waals surface area (Å²) >= 11 is 1.73. The number of thiophene rings is 1. The van der Waals surface area contributed by atoms with Gasteiger partial charge in [0.1, 0.15) is 5.69 Å². The Morgan fingerprint density at radius 3 is 3.00 bits per heavy atom. The van der Waals surface area contributed by atoms with Crippen molar-refractivity contribution in [2.45, 2.75) is 25.8 Å². The first-order valence-corrected chi connectivity index (χ1v) is 7.24. The molecule has 1 N–H and O–H groups in total.